The Morgan fingerprint density at radius 1 is 0.680 bits per heavy atom. The molecule has 50 heavy (non-hydrogen) atoms. The highest BCUT2D eigenvalue weighted by atomic mass is 15.2. The molecule has 0 radical (unpaired) electrons. The Balaban J connectivity index is 1.02. The highest BCUT2D eigenvalue weighted by Crippen LogP contribution is 2.53. The van der Waals surface area contributed by atoms with Gasteiger partial charge in [0.05, 0.1) is 11.6 Å². The fourth-order valence-electron chi connectivity index (χ4n) is 10.8. The quantitative estimate of drug-likeness (QED) is 0.274. The first-order valence-electron chi connectivity index (χ1n) is 19.3. The van der Waals surface area contributed by atoms with Gasteiger partial charge in [0.15, 0.2) is 0 Å². The van der Waals surface area contributed by atoms with Crippen LogP contribution in [0.2, 0.25) is 0 Å². The Morgan fingerprint density at radius 3 is 2.52 bits per heavy atom. The summed E-state index contributed by atoms with van der Waals surface area (Å²) in [6.07, 6.45) is 43.1. The Morgan fingerprint density at radius 2 is 1.58 bits per heavy atom. The first kappa shape index (κ1) is 29.0. The van der Waals surface area contributed by atoms with E-state index in [1.54, 1.807) is 28.1 Å². The highest BCUT2D eigenvalue weighted by Gasteiger charge is 2.42. The highest BCUT2D eigenvalue weighted by molar-refractivity contribution is 5.93. The molecule has 0 amide bonds. The van der Waals surface area contributed by atoms with Gasteiger partial charge in [0.25, 0.3) is 0 Å². The lowest BCUT2D eigenvalue weighted by Gasteiger charge is -2.40. The van der Waals surface area contributed by atoms with Gasteiger partial charge in [-0.25, -0.2) is 0 Å². The summed E-state index contributed by atoms with van der Waals surface area (Å²) in [4.78, 5) is 2.80. The van der Waals surface area contributed by atoms with E-state index in [2.05, 4.69) is 131 Å². The second-order valence-electron chi connectivity index (χ2n) is 15.5. The molecular weight excluding hydrogens is 605 g/mol. The maximum Gasteiger partial charge on any atom is 0.0629 e. The number of benzene rings is 2. The summed E-state index contributed by atoms with van der Waals surface area (Å²) in [6.45, 7) is 0. The number of fused-ring (bicyclic) bond motifs is 10. The van der Waals surface area contributed by atoms with E-state index in [0.717, 1.165) is 38.5 Å². The summed E-state index contributed by atoms with van der Waals surface area (Å²) in [7, 11) is 0. The lowest BCUT2D eigenvalue weighted by Crippen LogP contribution is -2.34. The second-order valence-corrected chi connectivity index (χ2v) is 15.5. The molecule has 0 saturated carbocycles. The molecule has 0 N–H and O–H groups in total. The third-order valence-electron chi connectivity index (χ3n) is 13.0. The number of aryl methyl sites for hydroxylation is 1. The van der Waals surface area contributed by atoms with Crippen molar-refractivity contribution in [2.75, 3.05) is 0 Å². The van der Waals surface area contributed by atoms with Gasteiger partial charge < -0.3 is 9.47 Å². The van der Waals surface area contributed by atoms with Gasteiger partial charge in [-0.2, -0.15) is 0 Å². The first-order chi connectivity index (χ1) is 24.8. The number of nitrogens with zero attached hydrogens (tertiary/aromatic N) is 2. The predicted octanol–water partition coefficient (Wildman–Crippen LogP) is 11.5. The van der Waals surface area contributed by atoms with Crippen molar-refractivity contribution in [2.45, 2.75) is 76.2 Å². The van der Waals surface area contributed by atoms with Crippen molar-refractivity contribution in [2.24, 2.45) is 11.8 Å². The molecule has 0 saturated heterocycles. The SMILES string of the molecule is C1=CCCC(n2c3c(c4ccc(C5=CC6C(C=C5)C5=C(CCC=C5)N6C5=CC6=C(CC5)c5ccccc5C5C=CC=CC65)cc42)CCCC3)=C1. The zero-order valence-corrected chi connectivity index (χ0v) is 28.8. The van der Waals surface area contributed by atoms with Gasteiger partial charge in [-0.05, 0) is 127 Å². The maximum atomic E-state index is 2.80. The minimum absolute atomic E-state index is 0.312. The molecule has 7 aliphatic carbocycles. The summed E-state index contributed by atoms with van der Waals surface area (Å²) in [5.41, 5.74) is 19.5. The predicted molar refractivity (Wildman–Crippen MR) is 208 cm³/mol. The number of allylic oxidation sites excluding steroid dienone is 17. The Labute approximate surface area is 296 Å². The van der Waals surface area contributed by atoms with Crippen LogP contribution in [0.1, 0.15) is 85.2 Å². The molecule has 2 nitrogen and oxygen atoms in total. The molecule has 2 heterocycles. The van der Waals surface area contributed by atoms with Crippen molar-refractivity contribution in [1.82, 2.24) is 9.47 Å². The molecule has 2 aromatic carbocycles. The van der Waals surface area contributed by atoms with Crippen molar-refractivity contribution in [3.05, 3.63) is 172 Å². The molecule has 3 aromatic rings. The summed E-state index contributed by atoms with van der Waals surface area (Å²) < 4.78 is 2.66. The van der Waals surface area contributed by atoms with Gasteiger partial charge in [-0.3, -0.25) is 0 Å². The van der Waals surface area contributed by atoms with Gasteiger partial charge in [0, 0.05) is 45.9 Å². The number of rotatable bonds is 3. The molecule has 8 aliphatic rings. The number of hydrogen-bond acceptors (Lipinski definition) is 1. The lowest BCUT2D eigenvalue weighted by atomic mass is 9.67. The van der Waals surface area contributed by atoms with E-state index < -0.39 is 0 Å². The van der Waals surface area contributed by atoms with Crippen LogP contribution in [0.4, 0.5) is 0 Å². The minimum Gasteiger partial charge on any atom is -0.341 e. The molecule has 246 valence electrons. The van der Waals surface area contributed by atoms with Crippen molar-refractivity contribution >= 4 is 27.7 Å². The van der Waals surface area contributed by atoms with Crippen LogP contribution < -0.4 is 0 Å². The fourth-order valence-corrected chi connectivity index (χ4v) is 10.8. The zero-order chi connectivity index (χ0) is 32.8. The van der Waals surface area contributed by atoms with Crippen LogP contribution in [-0.4, -0.2) is 15.5 Å². The zero-order valence-electron chi connectivity index (χ0n) is 28.8. The van der Waals surface area contributed by atoms with Gasteiger partial charge in [0.1, 0.15) is 0 Å². The minimum atomic E-state index is 0.312. The topological polar surface area (TPSA) is 8.17 Å². The molecule has 0 fully saturated rings. The molecule has 2 heteroatoms. The van der Waals surface area contributed by atoms with Crippen LogP contribution >= 0.6 is 0 Å². The fraction of sp³-hybridized carbons (Fsp3) is 0.292. The third-order valence-corrected chi connectivity index (χ3v) is 13.0. The molecule has 1 aromatic heterocycles. The standard InChI is InChI=1S/C48H44N2/c1-2-12-33(13-3-1)49-45-20-10-8-18-40(45)42-25-22-31(28-47(42)49)32-23-26-43-41-19-9-11-21-46(41)50(48(43)29-32)34-24-27-39-37-16-5-4-14-35(37)36-15-6-7-17-38(36)44(39)30-34/h1-2,4-7,9,12,14-17,19,22-23,25-26,28-30,36,38,43,48H,3,8,10-11,13,18,20-21,24,27H2. The van der Waals surface area contributed by atoms with Crippen LogP contribution in [0.3, 0.4) is 0 Å². The average molecular weight is 649 g/mol. The molecule has 11 rings (SSSR count). The van der Waals surface area contributed by atoms with Gasteiger partial charge in [-0.1, -0.05) is 103 Å². The normalized spacial score (nSPS) is 27.4. The van der Waals surface area contributed by atoms with Crippen LogP contribution in [0.15, 0.2) is 144 Å². The van der Waals surface area contributed by atoms with Crippen molar-refractivity contribution in [1.29, 1.82) is 0 Å². The van der Waals surface area contributed by atoms with Crippen LogP contribution in [0.5, 0.6) is 0 Å². The Kier molecular flexibility index (Phi) is 6.58. The summed E-state index contributed by atoms with van der Waals surface area (Å²) >= 11 is 0. The van der Waals surface area contributed by atoms with E-state index in [1.165, 1.54) is 75.8 Å². The number of aromatic nitrogens is 1. The summed E-state index contributed by atoms with van der Waals surface area (Å²) in [5, 5.41) is 1.47. The maximum absolute atomic E-state index is 2.80. The van der Waals surface area contributed by atoms with E-state index in [0.29, 0.717) is 23.8 Å². The van der Waals surface area contributed by atoms with Crippen molar-refractivity contribution in [3.63, 3.8) is 0 Å². The van der Waals surface area contributed by atoms with Gasteiger partial charge in [0.2, 0.25) is 0 Å². The Hall–Kier alpha value is -4.82. The molecule has 1 aliphatic heterocycles. The van der Waals surface area contributed by atoms with E-state index >= 15 is 0 Å². The van der Waals surface area contributed by atoms with Crippen LogP contribution in [0.25, 0.3) is 27.7 Å². The van der Waals surface area contributed by atoms with Crippen molar-refractivity contribution in [3.8, 4) is 0 Å². The third kappa shape index (κ3) is 4.27. The summed E-state index contributed by atoms with van der Waals surface area (Å²) in [6, 6.07) is 16.9. The average Bonchev–Trinajstić information content (AvgIpc) is 3.70. The van der Waals surface area contributed by atoms with Crippen LogP contribution in [0, 0.1) is 11.8 Å². The molecular formula is C48H44N2. The van der Waals surface area contributed by atoms with E-state index in [1.807, 2.05) is 0 Å². The van der Waals surface area contributed by atoms with E-state index in [9.17, 15) is 0 Å². The van der Waals surface area contributed by atoms with Crippen LogP contribution in [-0.2, 0) is 12.8 Å². The van der Waals surface area contributed by atoms with Crippen molar-refractivity contribution < 1.29 is 0 Å². The monoisotopic (exact) mass is 648 g/mol. The first-order valence-corrected chi connectivity index (χ1v) is 19.3. The molecule has 0 spiro atoms. The second kappa shape index (κ2) is 11.4. The summed E-state index contributed by atoms with van der Waals surface area (Å²) in [5.74, 6) is 1.24. The smallest absolute Gasteiger partial charge is 0.0629 e. The van der Waals surface area contributed by atoms with Gasteiger partial charge >= 0.3 is 0 Å². The molecule has 4 atom stereocenters. The largest absolute Gasteiger partial charge is 0.341 e. The lowest BCUT2D eigenvalue weighted by molar-refractivity contribution is 0.343. The Bertz CT molecular complexity index is 2300. The molecule has 0 bridgehead atoms. The van der Waals surface area contributed by atoms with E-state index in [4.69, 9.17) is 0 Å². The number of hydrogen-bond donors (Lipinski definition) is 0. The molecule has 4 unspecified atom stereocenters. The van der Waals surface area contributed by atoms with E-state index in [-0.39, 0.29) is 0 Å². The van der Waals surface area contributed by atoms with Gasteiger partial charge in [-0.15, -0.1) is 0 Å².